The molecule has 0 saturated carbocycles. The molecule has 104 valence electrons. The van der Waals surface area contributed by atoms with E-state index in [1.807, 2.05) is 12.1 Å². The number of allylic oxidation sites excluding steroid dienone is 2. The number of amides is 1. The highest BCUT2D eigenvalue weighted by Crippen LogP contribution is 2.41. The van der Waals surface area contributed by atoms with Gasteiger partial charge in [-0.05, 0) is 25.5 Å². The monoisotopic (exact) mass is 271 g/mol. The van der Waals surface area contributed by atoms with Crippen LogP contribution in [0.25, 0.3) is 11.5 Å². The number of fused-ring (bicyclic) bond motifs is 1. The number of carbonyl (C=O) groups is 1. The topological polar surface area (TPSA) is 70.9 Å². The molecule has 20 heavy (non-hydrogen) atoms. The van der Waals surface area contributed by atoms with E-state index in [1.54, 1.807) is 6.26 Å². The number of rotatable bonds is 3. The number of aromatic amines is 1. The van der Waals surface area contributed by atoms with Crippen molar-refractivity contribution in [2.75, 3.05) is 5.32 Å². The molecule has 1 amide bonds. The fraction of sp³-hybridized carbons (Fsp3) is 0.333. The maximum absolute atomic E-state index is 11.8. The highest BCUT2D eigenvalue weighted by Gasteiger charge is 2.32. The molecule has 2 aromatic rings. The number of carbonyl (C=O) groups excluding carboxylic acids is 1. The molecule has 2 aromatic heterocycles. The summed E-state index contributed by atoms with van der Waals surface area (Å²) in [6.07, 6.45) is 5.19. The third-order valence-corrected chi connectivity index (χ3v) is 3.64. The van der Waals surface area contributed by atoms with Crippen LogP contribution in [0.4, 0.5) is 5.82 Å². The van der Waals surface area contributed by atoms with Gasteiger partial charge in [-0.15, -0.1) is 0 Å². The molecule has 0 radical (unpaired) electrons. The lowest BCUT2D eigenvalue weighted by Gasteiger charge is -2.23. The maximum Gasteiger partial charge on any atom is 0.226 e. The second-order valence-corrected chi connectivity index (χ2v) is 5.00. The van der Waals surface area contributed by atoms with Crippen LogP contribution in [-0.2, 0) is 4.79 Å². The Hall–Kier alpha value is -2.30. The van der Waals surface area contributed by atoms with Crippen molar-refractivity contribution in [3.63, 3.8) is 0 Å². The highest BCUT2D eigenvalue weighted by molar-refractivity contribution is 5.95. The van der Waals surface area contributed by atoms with Gasteiger partial charge >= 0.3 is 0 Å². The summed E-state index contributed by atoms with van der Waals surface area (Å²) in [5.74, 6) is 1.41. The summed E-state index contributed by atoms with van der Waals surface area (Å²) in [6, 6.07) is 3.73. The van der Waals surface area contributed by atoms with Crippen LogP contribution in [0, 0.1) is 0 Å². The predicted molar refractivity (Wildman–Crippen MR) is 76.3 cm³/mol. The largest absolute Gasteiger partial charge is 0.463 e. The van der Waals surface area contributed by atoms with Gasteiger partial charge in [0.1, 0.15) is 5.69 Å². The summed E-state index contributed by atoms with van der Waals surface area (Å²) < 4.78 is 5.46. The van der Waals surface area contributed by atoms with Crippen LogP contribution in [-0.4, -0.2) is 16.1 Å². The van der Waals surface area contributed by atoms with E-state index in [0.29, 0.717) is 12.2 Å². The van der Waals surface area contributed by atoms with Crippen molar-refractivity contribution < 1.29 is 9.21 Å². The number of nitrogens with zero attached hydrogens (tertiary/aromatic N) is 1. The molecule has 2 N–H and O–H groups in total. The maximum atomic E-state index is 11.8. The molecule has 1 unspecified atom stereocenters. The van der Waals surface area contributed by atoms with E-state index in [1.165, 1.54) is 5.57 Å². The number of furan rings is 1. The smallest absolute Gasteiger partial charge is 0.226 e. The Kier molecular flexibility index (Phi) is 3.18. The lowest BCUT2D eigenvalue weighted by Crippen LogP contribution is -2.23. The first-order valence-corrected chi connectivity index (χ1v) is 6.79. The van der Waals surface area contributed by atoms with E-state index < -0.39 is 0 Å². The Morgan fingerprint density at radius 3 is 3.15 bits per heavy atom. The number of anilines is 1. The standard InChI is InChI=1S/C15H17N3O2/c1-3-5-9(2)10-8-12(19)16-15-13(10)14(17-18-15)11-6-4-7-20-11/h4-7,10H,3,8H2,1-2H3,(H2,16,17,18,19). The predicted octanol–water partition coefficient (Wildman–Crippen LogP) is 3.45. The molecular weight excluding hydrogens is 254 g/mol. The first kappa shape index (κ1) is 12.7. The molecule has 3 heterocycles. The van der Waals surface area contributed by atoms with Gasteiger partial charge in [0.2, 0.25) is 5.91 Å². The van der Waals surface area contributed by atoms with Gasteiger partial charge in [-0.3, -0.25) is 9.89 Å². The average Bonchev–Trinajstić information content (AvgIpc) is 3.05. The van der Waals surface area contributed by atoms with Crippen molar-refractivity contribution in [1.82, 2.24) is 10.2 Å². The van der Waals surface area contributed by atoms with Crippen LogP contribution in [0.2, 0.25) is 0 Å². The van der Waals surface area contributed by atoms with Crippen LogP contribution in [0.3, 0.4) is 0 Å². The fourth-order valence-electron chi connectivity index (χ4n) is 2.72. The third-order valence-electron chi connectivity index (χ3n) is 3.64. The van der Waals surface area contributed by atoms with Gasteiger partial charge in [-0.2, -0.15) is 5.10 Å². The zero-order valence-electron chi connectivity index (χ0n) is 11.6. The summed E-state index contributed by atoms with van der Waals surface area (Å²) in [5, 5.41) is 10.0. The van der Waals surface area contributed by atoms with Gasteiger partial charge in [0, 0.05) is 17.9 Å². The average molecular weight is 271 g/mol. The van der Waals surface area contributed by atoms with Crippen LogP contribution < -0.4 is 5.32 Å². The number of nitrogens with one attached hydrogen (secondary N) is 2. The zero-order chi connectivity index (χ0) is 14.1. The van der Waals surface area contributed by atoms with Crippen LogP contribution in [0.15, 0.2) is 34.5 Å². The summed E-state index contributed by atoms with van der Waals surface area (Å²) in [5.41, 5.74) is 3.05. The lowest BCUT2D eigenvalue weighted by atomic mass is 9.85. The van der Waals surface area contributed by atoms with Gasteiger partial charge in [0.05, 0.1) is 6.26 Å². The van der Waals surface area contributed by atoms with Crippen LogP contribution in [0.5, 0.6) is 0 Å². The van der Waals surface area contributed by atoms with Gasteiger partial charge in [-0.1, -0.05) is 18.6 Å². The highest BCUT2D eigenvalue weighted by atomic mass is 16.3. The fourth-order valence-corrected chi connectivity index (χ4v) is 2.72. The van der Waals surface area contributed by atoms with E-state index in [0.717, 1.165) is 23.4 Å². The Balaban J connectivity index is 2.11. The molecule has 0 fully saturated rings. The van der Waals surface area contributed by atoms with Crippen molar-refractivity contribution in [2.45, 2.75) is 32.6 Å². The van der Waals surface area contributed by atoms with Gasteiger partial charge in [-0.25, -0.2) is 0 Å². The van der Waals surface area contributed by atoms with Crippen LogP contribution in [0.1, 0.15) is 38.2 Å². The van der Waals surface area contributed by atoms with Crippen LogP contribution >= 0.6 is 0 Å². The third kappa shape index (κ3) is 2.05. The SMILES string of the molecule is CCC=C(C)C1CC(=O)Nc2n[nH]c(-c3ccco3)c21. The molecule has 1 aliphatic rings. The summed E-state index contributed by atoms with van der Waals surface area (Å²) >= 11 is 0. The zero-order valence-corrected chi connectivity index (χ0v) is 11.6. The first-order valence-electron chi connectivity index (χ1n) is 6.79. The minimum Gasteiger partial charge on any atom is -0.463 e. The van der Waals surface area contributed by atoms with E-state index in [9.17, 15) is 4.79 Å². The molecule has 5 heteroatoms. The molecule has 1 aliphatic heterocycles. The second-order valence-electron chi connectivity index (χ2n) is 5.00. The molecule has 0 aliphatic carbocycles. The normalized spacial score (nSPS) is 18.8. The number of aromatic nitrogens is 2. The Morgan fingerprint density at radius 1 is 1.60 bits per heavy atom. The Morgan fingerprint density at radius 2 is 2.45 bits per heavy atom. The molecule has 0 saturated heterocycles. The molecule has 0 bridgehead atoms. The summed E-state index contributed by atoms with van der Waals surface area (Å²) in [6.45, 7) is 4.16. The quantitative estimate of drug-likeness (QED) is 0.840. The molecule has 1 atom stereocenters. The molecule has 5 nitrogen and oxygen atoms in total. The number of hydrogen-bond donors (Lipinski definition) is 2. The van der Waals surface area contributed by atoms with Crippen molar-refractivity contribution in [3.05, 3.63) is 35.6 Å². The van der Waals surface area contributed by atoms with E-state index in [2.05, 4.69) is 35.4 Å². The molecule has 0 aromatic carbocycles. The summed E-state index contributed by atoms with van der Waals surface area (Å²) in [7, 11) is 0. The second kappa shape index (κ2) is 5.00. The van der Waals surface area contributed by atoms with Gasteiger partial charge in [0.25, 0.3) is 0 Å². The van der Waals surface area contributed by atoms with E-state index in [-0.39, 0.29) is 11.8 Å². The Bertz CT molecular complexity index is 653. The first-order chi connectivity index (χ1) is 9.70. The van der Waals surface area contributed by atoms with Crippen molar-refractivity contribution in [1.29, 1.82) is 0 Å². The van der Waals surface area contributed by atoms with E-state index in [4.69, 9.17) is 4.42 Å². The number of H-pyrrole nitrogens is 1. The van der Waals surface area contributed by atoms with Gasteiger partial charge < -0.3 is 9.73 Å². The van der Waals surface area contributed by atoms with Gasteiger partial charge in [0.15, 0.2) is 11.6 Å². The van der Waals surface area contributed by atoms with Crippen molar-refractivity contribution in [3.8, 4) is 11.5 Å². The molecular formula is C15H17N3O2. The van der Waals surface area contributed by atoms with Crippen molar-refractivity contribution >= 4 is 11.7 Å². The molecule has 3 rings (SSSR count). The summed E-state index contributed by atoms with van der Waals surface area (Å²) in [4.78, 5) is 11.8. The number of hydrogen-bond acceptors (Lipinski definition) is 3. The van der Waals surface area contributed by atoms with Crippen molar-refractivity contribution in [2.24, 2.45) is 0 Å². The minimum absolute atomic E-state index is 0.00356. The molecule has 0 spiro atoms. The Labute approximate surface area is 117 Å². The minimum atomic E-state index is 0.00356. The lowest BCUT2D eigenvalue weighted by molar-refractivity contribution is -0.116. The van der Waals surface area contributed by atoms with E-state index >= 15 is 0 Å².